The van der Waals surface area contributed by atoms with E-state index >= 15 is 0 Å². The zero-order valence-corrected chi connectivity index (χ0v) is 23.2. The minimum Gasteiger partial charge on any atom is -0.369 e. The van der Waals surface area contributed by atoms with E-state index in [1.807, 2.05) is 18.2 Å². The molecule has 1 aliphatic heterocycles. The molecule has 4 aromatic rings. The summed E-state index contributed by atoms with van der Waals surface area (Å²) in [5, 5.41) is 0. The molecule has 4 nitrogen and oxygen atoms in total. The summed E-state index contributed by atoms with van der Waals surface area (Å²) >= 11 is 0. The molecule has 1 heterocycles. The second-order valence-corrected chi connectivity index (χ2v) is 11.2. The third-order valence-electron chi connectivity index (χ3n) is 8.41. The molecule has 0 aromatic heterocycles. The molecular weight excluding hydrogens is 490 g/mol. The number of piperazine rings is 1. The number of hydrogen-bond acceptors (Lipinski definition) is 3. The van der Waals surface area contributed by atoms with Crippen LogP contribution in [0.3, 0.4) is 0 Å². The highest BCUT2D eigenvalue weighted by Crippen LogP contribution is 2.31. The van der Waals surface area contributed by atoms with Crippen LogP contribution in [0.5, 0.6) is 0 Å². The van der Waals surface area contributed by atoms with Crippen molar-refractivity contribution in [3.63, 3.8) is 0 Å². The molecule has 1 amide bonds. The standard InChI is InChI=1S/C36H39N3O/c40-36(39(33-19-20-33)28-29-11-4-1-5-12-29)32-17-10-18-34(27-32)38-25-23-37(24-26-38)22-21-35(30-13-6-2-7-14-30)31-15-8-3-9-16-31/h1-18,27,33,35H,19-26,28H2. The molecule has 0 spiro atoms. The van der Waals surface area contributed by atoms with Crippen LogP contribution in [0.25, 0.3) is 0 Å². The average molecular weight is 530 g/mol. The molecule has 0 radical (unpaired) electrons. The van der Waals surface area contributed by atoms with Gasteiger partial charge < -0.3 is 9.80 Å². The number of benzene rings is 4. The monoisotopic (exact) mass is 529 g/mol. The summed E-state index contributed by atoms with van der Waals surface area (Å²) in [6, 6.07) is 40.8. The summed E-state index contributed by atoms with van der Waals surface area (Å²) in [5.41, 5.74) is 5.93. The summed E-state index contributed by atoms with van der Waals surface area (Å²) in [4.78, 5) is 20.7. The number of carbonyl (C=O) groups excluding carboxylic acids is 1. The van der Waals surface area contributed by atoms with Gasteiger partial charge in [0.1, 0.15) is 0 Å². The lowest BCUT2D eigenvalue weighted by Crippen LogP contribution is -2.47. The van der Waals surface area contributed by atoms with Crippen LogP contribution in [0.2, 0.25) is 0 Å². The summed E-state index contributed by atoms with van der Waals surface area (Å²) in [6.07, 6.45) is 3.32. The first kappa shape index (κ1) is 26.3. The maximum atomic E-state index is 13.6. The quantitative estimate of drug-likeness (QED) is 0.225. The second kappa shape index (κ2) is 12.5. The van der Waals surface area contributed by atoms with Gasteiger partial charge in [0.25, 0.3) is 5.91 Å². The van der Waals surface area contributed by atoms with Crippen molar-refractivity contribution in [3.8, 4) is 0 Å². The van der Waals surface area contributed by atoms with E-state index in [-0.39, 0.29) is 5.91 Å². The van der Waals surface area contributed by atoms with Gasteiger partial charge in [-0.2, -0.15) is 0 Å². The van der Waals surface area contributed by atoms with Crippen molar-refractivity contribution in [1.82, 2.24) is 9.80 Å². The number of hydrogen-bond donors (Lipinski definition) is 0. The van der Waals surface area contributed by atoms with Gasteiger partial charge in [0.15, 0.2) is 0 Å². The van der Waals surface area contributed by atoms with E-state index in [1.54, 1.807) is 0 Å². The van der Waals surface area contributed by atoms with Gasteiger partial charge in [0.05, 0.1) is 0 Å². The van der Waals surface area contributed by atoms with E-state index in [9.17, 15) is 4.79 Å². The predicted molar refractivity (Wildman–Crippen MR) is 164 cm³/mol. The van der Waals surface area contributed by atoms with Crippen molar-refractivity contribution >= 4 is 11.6 Å². The maximum Gasteiger partial charge on any atom is 0.254 e. The van der Waals surface area contributed by atoms with Crippen LogP contribution in [0.4, 0.5) is 5.69 Å². The fraction of sp³-hybridized carbons (Fsp3) is 0.306. The Labute approximate surface area is 238 Å². The molecule has 1 saturated carbocycles. The molecule has 2 aliphatic rings. The molecule has 0 unspecified atom stereocenters. The lowest BCUT2D eigenvalue weighted by Gasteiger charge is -2.37. The van der Waals surface area contributed by atoms with E-state index in [1.165, 1.54) is 16.7 Å². The van der Waals surface area contributed by atoms with Gasteiger partial charge in [0.2, 0.25) is 0 Å². The molecule has 1 aliphatic carbocycles. The zero-order valence-electron chi connectivity index (χ0n) is 23.2. The Kier molecular flexibility index (Phi) is 8.25. The van der Waals surface area contributed by atoms with Crippen LogP contribution < -0.4 is 4.90 Å². The fourth-order valence-electron chi connectivity index (χ4n) is 5.97. The number of amides is 1. The first-order chi connectivity index (χ1) is 19.7. The van der Waals surface area contributed by atoms with Crippen LogP contribution in [-0.2, 0) is 6.54 Å². The molecule has 4 heteroatoms. The summed E-state index contributed by atoms with van der Waals surface area (Å²) in [7, 11) is 0. The first-order valence-corrected chi connectivity index (χ1v) is 14.8. The van der Waals surface area contributed by atoms with Gasteiger partial charge in [-0.05, 0) is 60.7 Å². The maximum absolute atomic E-state index is 13.6. The highest BCUT2D eigenvalue weighted by molar-refractivity contribution is 5.95. The molecular formula is C36H39N3O. The van der Waals surface area contributed by atoms with Gasteiger partial charge in [-0.3, -0.25) is 9.69 Å². The Morgan fingerprint density at radius 3 is 1.93 bits per heavy atom. The van der Waals surface area contributed by atoms with Crippen LogP contribution in [0.1, 0.15) is 52.2 Å². The minimum atomic E-state index is 0.153. The third kappa shape index (κ3) is 6.46. The lowest BCUT2D eigenvalue weighted by molar-refractivity contribution is 0.0730. The molecule has 204 valence electrons. The molecule has 6 rings (SSSR count). The minimum absolute atomic E-state index is 0.153. The van der Waals surface area contributed by atoms with E-state index in [0.29, 0.717) is 18.5 Å². The third-order valence-corrected chi connectivity index (χ3v) is 8.41. The Morgan fingerprint density at radius 2 is 1.32 bits per heavy atom. The largest absolute Gasteiger partial charge is 0.369 e. The molecule has 2 fully saturated rings. The topological polar surface area (TPSA) is 26.8 Å². The predicted octanol–water partition coefficient (Wildman–Crippen LogP) is 6.84. The van der Waals surface area contributed by atoms with Crippen molar-refractivity contribution in [2.24, 2.45) is 0 Å². The molecule has 0 N–H and O–H groups in total. The Bertz CT molecular complexity index is 1320. The van der Waals surface area contributed by atoms with Crippen molar-refractivity contribution < 1.29 is 4.79 Å². The number of anilines is 1. The Morgan fingerprint density at radius 1 is 0.725 bits per heavy atom. The van der Waals surface area contributed by atoms with Gasteiger partial charge in [-0.25, -0.2) is 0 Å². The molecule has 4 aromatic carbocycles. The van der Waals surface area contributed by atoms with Crippen LogP contribution in [-0.4, -0.2) is 54.5 Å². The number of rotatable bonds is 10. The van der Waals surface area contributed by atoms with Gasteiger partial charge in [0, 0.05) is 55.9 Å². The van der Waals surface area contributed by atoms with Crippen LogP contribution in [0, 0.1) is 0 Å². The van der Waals surface area contributed by atoms with Gasteiger partial charge >= 0.3 is 0 Å². The van der Waals surface area contributed by atoms with Crippen molar-refractivity contribution in [2.45, 2.75) is 37.8 Å². The highest BCUT2D eigenvalue weighted by Gasteiger charge is 2.33. The SMILES string of the molecule is O=C(c1cccc(N2CCN(CCC(c3ccccc3)c3ccccc3)CC2)c1)N(Cc1ccccc1)C1CC1. The molecule has 0 atom stereocenters. The lowest BCUT2D eigenvalue weighted by atomic mass is 9.88. The van der Waals surface area contributed by atoms with Gasteiger partial charge in [-0.1, -0.05) is 97.1 Å². The Hall–Kier alpha value is -3.89. The Balaban J connectivity index is 1.07. The summed E-state index contributed by atoms with van der Waals surface area (Å²) in [5.74, 6) is 0.563. The van der Waals surface area contributed by atoms with E-state index < -0.39 is 0 Å². The van der Waals surface area contributed by atoms with Gasteiger partial charge in [-0.15, -0.1) is 0 Å². The summed E-state index contributed by atoms with van der Waals surface area (Å²) in [6.45, 7) is 5.80. The highest BCUT2D eigenvalue weighted by atomic mass is 16.2. The molecule has 1 saturated heterocycles. The van der Waals surface area contributed by atoms with E-state index in [2.05, 4.69) is 112 Å². The van der Waals surface area contributed by atoms with Crippen molar-refractivity contribution in [3.05, 3.63) is 138 Å². The average Bonchev–Trinajstić information content (AvgIpc) is 3.87. The smallest absolute Gasteiger partial charge is 0.254 e. The number of nitrogens with zero attached hydrogens (tertiary/aromatic N) is 3. The fourth-order valence-corrected chi connectivity index (χ4v) is 5.97. The summed E-state index contributed by atoms with van der Waals surface area (Å²) < 4.78 is 0. The first-order valence-electron chi connectivity index (χ1n) is 14.8. The van der Waals surface area contributed by atoms with Crippen LogP contribution >= 0.6 is 0 Å². The van der Waals surface area contributed by atoms with Crippen LogP contribution in [0.15, 0.2) is 115 Å². The molecule has 0 bridgehead atoms. The normalized spacial score (nSPS) is 15.8. The van der Waals surface area contributed by atoms with E-state index in [0.717, 1.165) is 63.2 Å². The van der Waals surface area contributed by atoms with Crippen molar-refractivity contribution in [1.29, 1.82) is 0 Å². The zero-order chi connectivity index (χ0) is 27.1. The van der Waals surface area contributed by atoms with Crippen molar-refractivity contribution in [2.75, 3.05) is 37.6 Å². The van der Waals surface area contributed by atoms with E-state index in [4.69, 9.17) is 0 Å². The number of carbonyl (C=O) groups is 1. The second-order valence-electron chi connectivity index (χ2n) is 11.2. The molecule has 40 heavy (non-hydrogen) atoms.